The number of fused-ring (bicyclic) bond motifs is 3. The molecular formula is C33H41N5. The molecule has 0 unspecified atom stereocenters. The third-order valence-electron chi connectivity index (χ3n) is 8.51. The number of nitrogens with zero attached hydrogens (tertiary/aromatic N) is 5. The van der Waals surface area contributed by atoms with Crippen molar-refractivity contribution in [2.45, 2.75) is 78.9 Å². The molecule has 1 atom stereocenters. The van der Waals surface area contributed by atoms with Crippen LogP contribution in [0.5, 0.6) is 0 Å². The Hall–Kier alpha value is -3.60. The Bertz CT molecular complexity index is 1500. The van der Waals surface area contributed by atoms with Crippen LogP contribution in [0.2, 0.25) is 0 Å². The first-order valence-electron chi connectivity index (χ1n) is 13.8. The Labute approximate surface area is 227 Å². The van der Waals surface area contributed by atoms with Gasteiger partial charge in [0.05, 0.1) is 29.8 Å². The van der Waals surface area contributed by atoms with E-state index in [1.165, 1.54) is 33.5 Å². The van der Waals surface area contributed by atoms with E-state index in [2.05, 4.69) is 112 Å². The van der Waals surface area contributed by atoms with Gasteiger partial charge in [0.25, 0.3) is 0 Å². The minimum absolute atomic E-state index is 0.0753. The minimum Gasteiger partial charge on any atom is -0.371 e. The summed E-state index contributed by atoms with van der Waals surface area (Å²) in [5.74, 6) is 1.01. The first kappa shape index (κ1) is 26.0. The van der Waals surface area contributed by atoms with E-state index in [1.807, 2.05) is 10.9 Å². The lowest BCUT2D eigenvalue weighted by atomic mass is 9.79. The lowest BCUT2D eigenvalue weighted by Crippen LogP contribution is -2.29. The van der Waals surface area contributed by atoms with E-state index in [4.69, 9.17) is 4.98 Å². The van der Waals surface area contributed by atoms with Crippen LogP contribution in [0.4, 0.5) is 0 Å². The molecule has 0 aliphatic carbocycles. The van der Waals surface area contributed by atoms with Crippen LogP contribution in [0.3, 0.4) is 0 Å². The Morgan fingerprint density at radius 1 is 1.11 bits per heavy atom. The molecule has 1 aliphatic heterocycles. The topological polar surface area (TPSA) is 38.9 Å². The smallest absolute Gasteiger partial charge is 0.141 e. The zero-order valence-corrected chi connectivity index (χ0v) is 23.9. The molecule has 0 radical (unpaired) electrons. The first-order chi connectivity index (χ1) is 18.1. The molecule has 3 heterocycles. The maximum absolute atomic E-state index is 5.37. The van der Waals surface area contributed by atoms with E-state index in [1.54, 1.807) is 0 Å². The van der Waals surface area contributed by atoms with Gasteiger partial charge >= 0.3 is 0 Å². The van der Waals surface area contributed by atoms with E-state index in [0.717, 1.165) is 55.0 Å². The van der Waals surface area contributed by atoms with Crippen molar-refractivity contribution in [2.24, 2.45) is 0 Å². The summed E-state index contributed by atoms with van der Waals surface area (Å²) in [6, 6.07) is 13.7. The maximum Gasteiger partial charge on any atom is 0.141 e. The van der Waals surface area contributed by atoms with E-state index < -0.39 is 0 Å². The molecule has 2 aromatic carbocycles. The van der Waals surface area contributed by atoms with Crippen molar-refractivity contribution < 1.29 is 0 Å². The summed E-state index contributed by atoms with van der Waals surface area (Å²) in [5, 5.41) is 4.57. The van der Waals surface area contributed by atoms with E-state index in [-0.39, 0.29) is 11.5 Å². The molecule has 0 saturated carbocycles. The normalized spacial score (nSPS) is 14.5. The van der Waals surface area contributed by atoms with Crippen molar-refractivity contribution in [1.29, 1.82) is 0 Å². The van der Waals surface area contributed by atoms with E-state index in [9.17, 15) is 0 Å². The number of hydrogen-bond acceptors (Lipinski definition) is 3. The number of allylic oxidation sites excluding steroid dienone is 2. The van der Waals surface area contributed by atoms with Crippen LogP contribution in [-0.2, 0) is 24.9 Å². The number of imidazole rings is 1. The fourth-order valence-corrected chi connectivity index (χ4v) is 5.54. The quantitative estimate of drug-likeness (QED) is 0.230. The highest BCUT2D eigenvalue weighted by Gasteiger charge is 2.26. The van der Waals surface area contributed by atoms with Gasteiger partial charge in [0.15, 0.2) is 0 Å². The Morgan fingerprint density at radius 3 is 2.47 bits per heavy atom. The predicted octanol–water partition coefficient (Wildman–Crippen LogP) is 7.60. The third kappa shape index (κ3) is 4.59. The molecule has 1 aliphatic rings. The highest BCUT2D eigenvalue weighted by atomic mass is 15.3. The molecule has 0 amide bonds. The largest absolute Gasteiger partial charge is 0.371 e. The summed E-state index contributed by atoms with van der Waals surface area (Å²) >= 11 is 0. The molecular weight excluding hydrogens is 466 g/mol. The Morgan fingerprint density at radius 2 is 1.84 bits per heavy atom. The van der Waals surface area contributed by atoms with Crippen molar-refractivity contribution >= 4 is 11.0 Å². The molecule has 38 heavy (non-hydrogen) atoms. The number of aromatic nitrogens is 4. The fourth-order valence-electron chi connectivity index (χ4n) is 5.54. The number of benzene rings is 2. The molecule has 198 valence electrons. The van der Waals surface area contributed by atoms with Crippen molar-refractivity contribution in [3.05, 3.63) is 95.5 Å². The highest BCUT2D eigenvalue weighted by Crippen LogP contribution is 2.36. The second-order valence-corrected chi connectivity index (χ2v) is 11.5. The lowest BCUT2D eigenvalue weighted by molar-refractivity contribution is 0.316. The number of hydrogen-bond donors (Lipinski definition) is 0. The lowest BCUT2D eigenvalue weighted by Gasteiger charge is -2.32. The molecule has 5 nitrogen and oxygen atoms in total. The summed E-state index contributed by atoms with van der Waals surface area (Å²) in [4.78, 5) is 7.79. The van der Waals surface area contributed by atoms with Crippen LogP contribution in [0.25, 0.3) is 22.4 Å². The molecule has 0 N–H and O–H groups in total. The summed E-state index contributed by atoms with van der Waals surface area (Å²) in [6.45, 7) is 24.3. The van der Waals surface area contributed by atoms with Crippen molar-refractivity contribution in [3.63, 3.8) is 0 Å². The zero-order valence-electron chi connectivity index (χ0n) is 23.9. The molecule has 0 bridgehead atoms. The van der Waals surface area contributed by atoms with Gasteiger partial charge in [-0.3, -0.25) is 4.68 Å². The van der Waals surface area contributed by atoms with Crippen molar-refractivity contribution in [2.75, 3.05) is 6.54 Å². The zero-order chi connectivity index (χ0) is 27.2. The molecule has 2 aromatic heterocycles. The van der Waals surface area contributed by atoms with Crippen LogP contribution in [0.15, 0.2) is 73.2 Å². The minimum atomic E-state index is -0.0753. The fraction of sp³-hybridized carbons (Fsp3) is 0.394. The SMILES string of the molecule is C=C(CC)N1CCc2ccc3c(nc(-c4ccc(C(C)(C)C(=C)C)cc4)n3[C@H](C)Cn3cc(C)cn3)c2C1. The molecule has 0 fully saturated rings. The van der Waals surface area contributed by atoms with E-state index >= 15 is 0 Å². The Kier molecular flexibility index (Phi) is 6.81. The maximum atomic E-state index is 5.37. The molecule has 5 rings (SSSR count). The predicted molar refractivity (Wildman–Crippen MR) is 158 cm³/mol. The number of aryl methyl sites for hydroxylation is 1. The second kappa shape index (κ2) is 9.94. The van der Waals surface area contributed by atoms with Gasteiger partial charge in [0.1, 0.15) is 5.82 Å². The summed E-state index contributed by atoms with van der Waals surface area (Å²) in [5.41, 5.74) is 10.9. The molecule has 4 aromatic rings. The van der Waals surface area contributed by atoms with Gasteiger partial charge in [-0.15, -0.1) is 0 Å². The Balaban J connectivity index is 1.64. The standard InChI is InChI=1S/C33H41N5/c1-9-24(5)36-17-16-26-12-15-30-31(29(26)21-36)35-32(38(30)25(6)20-37-19-23(4)18-34-37)27-10-13-28(14-11-27)33(7,8)22(2)3/h10-15,18-19,25H,2,5,9,16-17,20-21H2,1,3-4,6-8H3/t25-/m1/s1. The van der Waals surface area contributed by atoms with Gasteiger partial charge in [0.2, 0.25) is 0 Å². The van der Waals surface area contributed by atoms with Crippen LogP contribution < -0.4 is 0 Å². The summed E-state index contributed by atoms with van der Waals surface area (Å²) < 4.78 is 4.46. The van der Waals surface area contributed by atoms with Crippen molar-refractivity contribution in [1.82, 2.24) is 24.2 Å². The van der Waals surface area contributed by atoms with Crippen LogP contribution in [0.1, 0.15) is 69.3 Å². The van der Waals surface area contributed by atoms with Crippen LogP contribution in [0, 0.1) is 6.92 Å². The second-order valence-electron chi connectivity index (χ2n) is 11.5. The van der Waals surface area contributed by atoms with Gasteiger partial charge in [-0.25, -0.2) is 4.98 Å². The summed E-state index contributed by atoms with van der Waals surface area (Å²) in [6.07, 6.45) is 6.03. The van der Waals surface area contributed by atoms with Gasteiger partial charge in [-0.1, -0.05) is 69.8 Å². The average molecular weight is 508 g/mol. The number of rotatable bonds is 8. The monoisotopic (exact) mass is 507 g/mol. The third-order valence-corrected chi connectivity index (χ3v) is 8.51. The van der Waals surface area contributed by atoms with Crippen molar-refractivity contribution in [3.8, 4) is 11.4 Å². The van der Waals surface area contributed by atoms with Crippen LogP contribution in [-0.4, -0.2) is 30.8 Å². The van der Waals surface area contributed by atoms with Gasteiger partial charge in [-0.05, 0) is 56.4 Å². The average Bonchev–Trinajstić information content (AvgIpc) is 3.51. The molecule has 0 saturated heterocycles. The highest BCUT2D eigenvalue weighted by molar-refractivity contribution is 5.85. The van der Waals surface area contributed by atoms with Gasteiger partial charge in [0, 0.05) is 41.5 Å². The molecule has 0 spiro atoms. The molecule has 5 heteroatoms. The summed E-state index contributed by atoms with van der Waals surface area (Å²) in [7, 11) is 0. The van der Waals surface area contributed by atoms with Gasteiger partial charge < -0.3 is 9.47 Å². The van der Waals surface area contributed by atoms with Gasteiger partial charge in [-0.2, -0.15) is 5.10 Å². The first-order valence-corrected chi connectivity index (χ1v) is 13.8. The van der Waals surface area contributed by atoms with E-state index in [0.29, 0.717) is 0 Å². The van der Waals surface area contributed by atoms with Crippen LogP contribution >= 0.6 is 0 Å².